The Kier molecular flexibility index (Phi) is 3.69. The van der Waals surface area contributed by atoms with Gasteiger partial charge in [0.2, 0.25) is 0 Å². The normalized spacial score (nSPS) is 11.5. The second-order valence-electron chi connectivity index (χ2n) is 4.59. The molecule has 5 heteroatoms. The molecule has 0 amide bonds. The van der Waals surface area contributed by atoms with Crippen LogP contribution in [0.1, 0.15) is 0 Å². The second kappa shape index (κ2) is 5.50. The maximum Gasteiger partial charge on any atom is 0.261 e. The zero-order valence-corrected chi connectivity index (χ0v) is 13.4. The van der Waals surface area contributed by atoms with E-state index >= 15 is 0 Å². The minimum absolute atomic E-state index is 0.247. The van der Waals surface area contributed by atoms with Crippen molar-refractivity contribution >= 4 is 42.4 Å². The van der Waals surface area contributed by atoms with Crippen LogP contribution in [0.2, 0.25) is 0 Å². The first-order valence-electron chi connectivity index (χ1n) is 6.32. The molecular formula is C16H12BrNO2S. The van der Waals surface area contributed by atoms with Crippen LogP contribution in [0.25, 0.3) is 10.8 Å². The SMILES string of the molecule is O=S(=O)(Nc1ccccc1Br)c1ccc2ccccc2c1. The van der Waals surface area contributed by atoms with E-state index in [1.165, 1.54) is 0 Å². The Morgan fingerprint density at radius 1 is 0.810 bits per heavy atom. The van der Waals surface area contributed by atoms with Gasteiger partial charge in [0.15, 0.2) is 0 Å². The Balaban J connectivity index is 2.02. The first-order chi connectivity index (χ1) is 10.1. The van der Waals surface area contributed by atoms with Crippen molar-refractivity contribution in [3.05, 3.63) is 71.2 Å². The Labute approximate surface area is 131 Å². The smallest absolute Gasteiger partial charge is 0.261 e. The molecule has 3 aromatic rings. The van der Waals surface area contributed by atoms with Gasteiger partial charge in [0, 0.05) is 4.47 Å². The molecule has 0 aromatic heterocycles. The summed E-state index contributed by atoms with van der Waals surface area (Å²) in [5, 5.41) is 1.91. The molecule has 0 bridgehead atoms. The van der Waals surface area contributed by atoms with Crippen molar-refractivity contribution in [2.24, 2.45) is 0 Å². The topological polar surface area (TPSA) is 46.2 Å². The van der Waals surface area contributed by atoms with Gasteiger partial charge in [-0.3, -0.25) is 4.72 Å². The summed E-state index contributed by atoms with van der Waals surface area (Å²) >= 11 is 3.33. The third-order valence-corrected chi connectivity index (χ3v) is 5.20. The van der Waals surface area contributed by atoms with E-state index in [0.29, 0.717) is 10.2 Å². The van der Waals surface area contributed by atoms with Crippen molar-refractivity contribution in [1.29, 1.82) is 0 Å². The van der Waals surface area contributed by atoms with E-state index in [2.05, 4.69) is 20.7 Å². The predicted molar refractivity (Wildman–Crippen MR) is 88.9 cm³/mol. The molecule has 0 radical (unpaired) electrons. The molecule has 0 heterocycles. The van der Waals surface area contributed by atoms with Gasteiger partial charge in [-0.15, -0.1) is 0 Å². The summed E-state index contributed by atoms with van der Waals surface area (Å²) in [6.07, 6.45) is 0. The van der Waals surface area contributed by atoms with Crippen LogP contribution in [0.15, 0.2) is 76.1 Å². The number of para-hydroxylation sites is 1. The molecule has 106 valence electrons. The molecule has 0 atom stereocenters. The zero-order valence-electron chi connectivity index (χ0n) is 11.0. The van der Waals surface area contributed by atoms with Crippen LogP contribution >= 0.6 is 15.9 Å². The molecule has 0 spiro atoms. The summed E-state index contributed by atoms with van der Waals surface area (Å²) in [4.78, 5) is 0.247. The van der Waals surface area contributed by atoms with Crippen LogP contribution < -0.4 is 4.72 Å². The van der Waals surface area contributed by atoms with Crippen LogP contribution in [-0.2, 0) is 10.0 Å². The zero-order chi connectivity index (χ0) is 14.9. The quantitative estimate of drug-likeness (QED) is 0.751. The van der Waals surface area contributed by atoms with Crippen molar-refractivity contribution < 1.29 is 8.42 Å². The van der Waals surface area contributed by atoms with Crippen LogP contribution in [0.5, 0.6) is 0 Å². The van der Waals surface area contributed by atoms with E-state index in [1.54, 1.807) is 30.3 Å². The van der Waals surface area contributed by atoms with Gasteiger partial charge in [0.05, 0.1) is 10.6 Å². The Morgan fingerprint density at radius 2 is 1.48 bits per heavy atom. The van der Waals surface area contributed by atoms with E-state index < -0.39 is 10.0 Å². The molecule has 3 aromatic carbocycles. The average Bonchev–Trinajstić information content (AvgIpc) is 2.49. The fraction of sp³-hybridized carbons (Fsp3) is 0. The van der Waals surface area contributed by atoms with Gasteiger partial charge in [0.1, 0.15) is 0 Å². The van der Waals surface area contributed by atoms with Crippen LogP contribution in [-0.4, -0.2) is 8.42 Å². The van der Waals surface area contributed by atoms with Crippen LogP contribution in [0.4, 0.5) is 5.69 Å². The summed E-state index contributed by atoms with van der Waals surface area (Å²) in [5.74, 6) is 0. The van der Waals surface area contributed by atoms with Gasteiger partial charge in [-0.2, -0.15) is 0 Å². The largest absolute Gasteiger partial charge is 0.278 e. The summed E-state index contributed by atoms with van der Waals surface area (Å²) in [6, 6.07) is 19.9. The van der Waals surface area contributed by atoms with Crippen molar-refractivity contribution in [2.45, 2.75) is 4.90 Å². The molecule has 0 unspecified atom stereocenters. The molecule has 0 aliphatic carbocycles. The summed E-state index contributed by atoms with van der Waals surface area (Å²) in [6.45, 7) is 0. The molecule has 0 aliphatic rings. The van der Waals surface area contributed by atoms with Gasteiger partial charge in [-0.25, -0.2) is 8.42 Å². The summed E-state index contributed by atoms with van der Waals surface area (Å²) in [5.41, 5.74) is 0.519. The molecular weight excluding hydrogens is 350 g/mol. The van der Waals surface area contributed by atoms with Gasteiger partial charge in [0.25, 0.3) is 10.0 Å². The van der Waals surface area contributed by atoms with E-state index in [4.69, 9.17) is 0 Å². The van der Waals surface area contributed by atoms with Crippen LogP contribution in [0, 0.1) is 0 Å². The lowest BCUT2D eigenvalue weighted by Crippen LogP contribution is -2.13. The number of halogens is 1. The van der Waals surface area contributed by atoms with E-state index in [-0.39, 0.29) is 4.90 Å². The van der Waals surface area contributed by atoms with Crippen molar-refractivity contribution in [1.82, 2.24) is 0 Å². The number of benzene rings is 3. The maximum atomic E-state index is 12.5. The minimum Gasteiger partial charge on any atom is -0.278 e. The number of hydrogen-bond donors (Lipinski definition) is 1. The standard InChI is InChI=1S/C16H12BrNO2S/c17-15-7-3-4-8-16(15)18-21(19,20)14-10-9-12-5-1-2-6-13(12)11-14/h1-11,18H. The first kappa shape index (κ1) is 14.1. The lowest BCUT2D eigenvalue weighted by Gasteiger charge is -2.10. The molecule has 3 nitrogen and oxygen atoms in total. The number of nitrogens with one attached hydrogen (secondary N) is 1. The van der Waals surface area contributed by atoms with Gasteiger partial charge in [-0.05, 0) is 51.0 Å². The van der Waals surface area contributed by atoms with E-state index in [9.17, 15) is 8.42 Å². The number of anilines is 1. The fourth-order valence-electron chi connectivity index (χ4n) is 2.08. The lowest BCUT2D eigenvalue weighted by molar-refractivity contribution is 0.601. The molecule has 0 saturated carbocycles. The Morgan fingerprint density at radius 3 is 2.24 bits per heavy atom. The van der Waals surface area contributed by atoms with E-state index in [1.807, 2.05) is 36.4 Å². The average molecular weight is 362 g/mol. The van der Waals surface area contributed by atoms with Crippen molar-refractivity contribution in [3.63, 3.8) is 0 Å². The highest BCUT2D eigenvalue weighted by molar-refractivity contribution is 9.10. The minimum atomic E-state index is -3.61. The molecule has 0 aliphatic heterocycles. The second-order valence-corrected chi connectivity index (χ2v) is 7.13. The highest BCUT2D eigenvalue weighted by Crippen LogP contribution is 2.25. The van der Waals surface area contributed by atoms with Gasteiger partial charge >= 0.3 is 0 Å². The highest BCUT2D eigenvalue weighted by Gasteiger charge is 2.15. The van der Waals surface area contributed by atoms with E-state index in [0.717, 1.165) is 10.8 Å². The number of hydrogen-bond acceptors (Lipinski definition) is 2. The summed E-state index contributed by atoms with van der Waals surface area (Å²) in [7, 11) is -3.61. The maximum absolute atomic E-state index is 12.5. The number of sulfonamides is 1. The van der Waals surface area contributed by atoms with Gasteiger partial charge < -0.3 is 0 Å². The lowest BCUT2D eigenvalue weighted by atomic mass is 10.1. The third kappa shape index (κ3) is 2.94. The summed E-state index contributed by atoms with van der Waals surface area (Å²) < 4.78 is 28.2. The fourth-order valence-corrected chi connectivity index (χ4v) is 3.71. The first-order valence-corrected chi connectivity index (χ1v) is 8.60. The number of rotatable bonds is 3. The highest BCUT2D eigenvalue weighted by atomic mass is 79.9. The molecule has 3 rings (SSSR count). The predicted octanol–water partition coefficient (Wildman–Crippen LogP) is 4.40. The molecule has 0 fully saturated rings. The van der Waals surface area contributed by atoms with Gasteiger partial charge in [-0.1, -0.05) is 42.5 Å². The van der Waals surface area contributed by atoms with Crippen molar-refractivity contribution in [2.75, 3.05) is 4.72 Å². The monoisotopic (exact) mass is 361 g/mol. The third-order valence-electron chi connectivity index (χ3n) is 3.15. The van der Waals surface area contributed by atoms with Crippen LogP contribution in [0.3, 0.4) is 0 Å². The molecule has 1 N–H and O–H groups in total. The molecule has 21 heavy (non-hydrogen) atoms. The number of fused-ring (bicyclic) bond motifs is 1. The Bertz CT molecular complexity index is 907. The Hall–Kier alpha value is -1.85. The molecule has 0 saturated heterocycles. The van der Waals surface area contributed by atoms with Crippen molar-refractivity contribution in [3.8, 4) is 0 Å².